The number of fused-ring (bicyclic) bond motifs is 2. The number of anilines is 1. The predicted octanol–water partition coefficient (Wildman–Crippen LogP) is 7.59. The molecule has 0 unspecified atom stereocenters. The summed E-state index contributed by atoms with van der Waals surface area (Å²) < 4.78 is 12.8. The molecule has 2 aliphatic heterocycles. The van der Waals surface area contributed by atoms with E-state index >= 15 is 0 Å². The topological polar surface area (TPSA) is 67.1 Å². The summed E-state index contributed by atoms with van der Waals surface area (Å²) in [4.78, 5) is 20.8. The lowest BCUT2D eigenvalue weighted by Gasteiger charge is -2.35. The molecule has 1 aliphatic carbocycles. The van der Waals surface area contributed by atoms with Gasteiger partial charge in [0.2, 0.25) is 0 Å². The van der Waals surface area contributed by atoms with Crippen LogP contribution in [0.15, 0.2) is 57.9 Å². The second kappa shape index (κ2) is 11.7. The Labute approximate surface area is 243 Å². The molecule has 0 atom stereocenters. The number of hydrogen-bond acceptors (Lipinski definition) is 5. The summed E-state index contributed by atoms with van der Waals surface area (Å²) in [6.45, 7) is 17.5. The number of carbonyl (C=O) groups is 1. The number of rotatable bonds is 6. The standard InChI is InChI=1S/C35H43N3O3/c1-8-36-29-20-31-27(18-22(29)3)33(28-19-23(4)30(37-9-2)21-32(28)40-31)25-12-10-11-13-26(25)34(39)38-16-14-24(15-17-38)41-35(5,6)7/h10-13,18-21,24,36H,8-9,14-17H2,1-7H3. The second-order valence-corrected chi connectivity index (χ2v) is 12.0. The van der Waals surface area contributed by atoms with Crippen LogP contribution < -0.4 is 10.7 Å². The molecule has 0 aromatic heterocycles. The highest BCUT2D eigenvalue weighted by atomic mass is 16.5. The first-order valence-corrected chi connectivity index (χ1v) is 14.9. The number of nitrogens with one attached hydrogen (secondary N) is 1. The van der Waals surface area contributed by atoms with Crippen LogP contribution in [0.5, 0.6) is 0 Å². The van der Waals surface area contributed by atoms with Gasteiger partial charge in [-0.25, -0.2) is 0 Å². The van der Waals surface area contributed by atoms with E-state index in [0.717, 1.165) is 75.0 Å². The number of aryl methyl sites for hydroxylation is 2. The van der Waals surface area contributed by atoms with Gasteiger partial charge in [0.05, 0.1) is 17.1 Å². The molecule has 6 heteroatoms. The number of ether oxygens (including phenoxy) is 1. The van der Waals surface area contributed by atoms with Crippen molar-refractivity contribution in [2.75, 3.05) is 31.5 Å². The van der Waals surface area contributed by atoms with Crippen molar-refractivity contribution in [3.05, 3.63) is 70.6 Å². The van der Waals surface area contributed by atoms with Gasteiger partial charge in [-0.05, 0) is 96.2 Å². The normalized spacial score (nSPS) is 15.2. The Hall–Kier alpha value is -3.64. The predicted molar refractivity (Wildman–Crippen MR) is 168 cm³/mol. The van der Waals surface area contributed by atoms with Gasteiger partial charge in [-0.2, -0.15) is 0 Å². The first-order chi connectivity index (χ1) is 19.6. The third kappa shape index (κ3) is 6.03. The minimum absolute atomic E-state index is 0.0622. The maximum absolute atomic E-state index is 14.1. The van der Waals surface area contributed by atoms with Crippen molar-refractivity contribution in [2.24, 2.45) is 4.99 Å². The number of likely N-dealkylation sites (tertiary alicyclic amines) is 1. The number of amides is 1. The molecule has 6 nitrogen and oxygen atoms in total. The summed E-state index contributed by atoms with van der Waals surface area (Å²) in [5.41, 5.74) is 7.50. The molecular weight excluding hydrogens is 510 g/mol. The molecule has 1 N–H and O–H groups in total. The van der Waals surface area contributed by atoms with Gasteiger partial charge in [0.15, 0.2) is 0 Å². The van der Waals surface area contributed by atoms with Gasteiger partial charge in [-0.15, -0.1) is 0 Å². The molecule has 0 saturated carbocycles. The van der Waals surface area contributed by atoms with Crippen LogP contribution in [0, 0.1) is 13.8 Å². The van der Waals surface area contributed by atoms with E-state index in [9.17, 15) is 4.79 Å². The van der Waals surface area contributed by atoms with Crippen LogP contribution >= 0.6 is 0 Å². The highest BCUT2D eigenvalue weighted by Crippen LogP contribution is 2.43. The third-order valence-corrected chi connectivity index (χ3v) is 7.76. The number of hydrogen-bond donors (Lipinski definition) is 1. The Kier molecular flexibility index (Phi) is 8.23. The molecule has 1 fully saturated rings. The fraction of sp³-hybridized carbons (Fsp3) is 0.429. The molecule has 0 spiro atoms. The lowest BCUT2D eigenvalue weighted by Crippen LogP contribution is -2.42. The van der Waals surface area contributed by atoms with Crippen molar-refractivity contribution >= 4 is 22.6 Å². The molecule has 0 bridgehead atoms. The smallest absolute Gasteiger partial charge is 0.254 e. The van der Waals surface area contributed by atoms with Gasteiger partial charge in [0.1, 0.15) is 11.3 Å². The zero-order chi connectivity index (χ0) is 29.3. The molecule has 2 heterocycles. The van der Waals surface area contributed by atoms with Gasteiger partial charge in [-0.1, -0.05) is 18.2 Å². The molecule has 3 aliphatic rings. The maximum Gasteiger partial charge on any atom is 0.254 e. The van der Waals surface area contributed by atoms with Crippen molar-refractivity contribution in [2.45, 2.75) is 73.0 Å². The number of benzene rings is 3. The minimum Gasteiger partial charge on any atom is -0.456 e. The first kappa shape index (κ1) is 28.9. The average molecular weight is 554 g/mol. The summed E-state index contributed by atoms with van der Waals surface area (Å²) in [7, 11) is 0. The largest absolute Gasteiger partial charge is 0.456 e. The summed E-state index contributed by atoms with van der Waals surface area (Å²) >= 11 is 0. The molecule has 41 heavy (non-hydrogen) atoms. The molecule has 2 aromatic carbocycles. The molecule has 1 saturated heterocycles. The van der Waals surface area contributed by atoms with Crippen molar-refractivity contribution in [1.29, 1.82) is 0 Å². The Balaban J connectivity index is 1.66. The molecule has 0 radical (unpaired) electrons. The van der Waals surface area contributed by atoms with Crippen LogP contribution in [0.25, 0.3) is 33.4 Å². The van der Waals surface area contributed by atoms with E-state index in [1.807, 2.05) is 36.1 Å². The first-order valence-electron chi connectivity index (χ1n) is 14.9. The van der Waals surface area contributed by atoms with E-state index in [1.54, 1.807) is 0 Å². The summed E-state index contributed by atoms with van der Waals surface area (Å²) in [5, 5.41) is 5.38. The summed E-state index contributed by atoms with van der Waals surface area (Å²) in [6.07, 6.45) is 1.87. The molecule has 216 valence electrons. The Morgan fingerprint density at radius 3 is 2.44 bits per heavy atom. The molecule has 1 amide bonds. The minimum atomic E-state index is -0.184. The van der Waals surface area contributed by atoms with E-state index in [1.165, 1.54) is 0 Å². The van der Waals surface area contributed by atoms with E-state index in [0.29, 0.717) is 25.2 Å². The fourth-order valence-electron chi connectivity index (χ4n) is 5.94. The highest BCUT2D eigenvalue weighted by molar-refractivity contribution is 6.09. The van der Waals surface area contributed by atoms with Crippen molar-refractivity contribution in [3.63, 3.8) is 0 Å². The van der Waals surface area contributed by atoms with Crippen LogP contribution in [0.3, 0.4) is 0 Å². The Morgan fingerprint density at radius 2 is 1.76 bits per heavy atom. The van der Waals surface area contributed by atoms with E-state index in [-0.39, 0.29) is 17.6 Å². The van der Waals surface area contributed by atoms with Crippen LogP contribution in [0.1, 0.15) is 68.9 Å². The lowest BCUT2D eigenvalue weighted by atomic mass is 9.88. The van der Waals surface area contributed by atoms with Crippen molar-refractivity contribution in [1.82, 2.24) is 4.90 Å². The zero-order valence-electron chi connectivity index (χ0n) is 25.6. The van der Waals surface area contributed by atoms with Gasteiger partial charge in [0, 0.05) is 66.1 Å². The number of nitrogens with zero attached hydrogens (tertiary/aromatic N) is 2. The van der Waals surface area contributed by atoms with E-state index < -0.39 is 0 Å². The van der Waals surface area contributed by atoms with Crippen LogP contribution in [0.2, 0.25) is 0 Å². The fourth-order valence-corrected chi connectivity index (χ4v) is 5.94. The summed E-state index contributed by atoms with van der Waals surface area (Å²) in [6, 6.07) is 16.5. The van der Waals surface area contributed by atoms with Crippen molar-refractivity contribution < 1.29 is 13.9 Å². The van der Waals surface area contributed by atoms with Gasteiger partial charge in [0.25, 0.3) is 5.91 Å². The zero-order valence-corrected chi connectivity index (χ0v) is 25.6. The molecule has 5 rings (SSSR count). The molecular formula is C35H43N3O3. The average Bonchev–Trinajstić information content (AvgIpc) is 2.93. The second-order valence-electron chi connectivity index (χ2n) is 12.0. The van der Waals surface area contributed by atoms with Gasteiger partial charge in [-0.3, -0.25) is 9.79 Å². The van der Waals surface area contributed by atoms with E-state index in [4.69, 9.17) is 14.1 Å². The quantitative estimate of drug-likeness (QED) is 0.250. The summed E-state index contributed by atoms with van der Waals surface area (Å²) in [5.74, 6) is 0.825. The number of carbonyl (C=O) groups excluding carboxylic acids is 1. The Morgan fingerprint density at radius 1 is 1.02 bits per heavy atom. The van der Waals surface area contributed by atoms with Crippen molar-refractivity contribution in [3.8, 4) is 22.5 Å². The van der Waals surface area contributed by atoms with Gasteiger partial charge >= 0.3 is 0 Å². The third-order valence-electron chi connectivity index (χ3n) is 7.76. The number of piperidine rings is 1. The SMILES string of the molecule is CCN=c1cc2oc3cc(NCC)c(C)cc3c(-c3ccccc3C(=O)N3CCC(OC(C)(C)C)CC3)c-2cc1C. The lowest BCUT2D eigenvalue weighted by molar-refractivity contribution is -0.0791. The Bertz CT molecular complexity index is 1600. The van der Waals surface area contributed by atoms with E-state index in [2.05, 4.69) is 71.1 Å². The van der Waals surface area contributed by atoms with Crippen LogP contribution in [-0.2, 0) is 4.74 Å². The van der Waals surface area contributed by atoms with Crippen LogP contribution in [0.4, 0.5) is 5.69 Å². The molecule has 2 aromatic rings. The maximum atomic E-state index is 14.1. The highest BCUT2D eigenvalue weighted by Gasteiger charge is 2.29. The monoisotopic (exact) mass is 553 g/mol. The van der Waals surface area contributed by atoms with Crippen LogP contribution in [-0.4, -0.2) is 48.7 Å². The van der Waals surface area contributed by atoms with Gasteiger partial charge < -0.3 is 19.4 Å².